The average Bonchev–Trinajstić information content (AvgIpc) is 3.06. The fourth-order valence-corrected chi connectivity index (χ4v) is 3.30. The zero-order valence-corrected chi connectivity index (χ0v) is 15.1. The molecule has 2 aromatic rings. The molecule has 1 aliphatic rings. The molecule has 1 fully saturated rings. The highest BCUT2D eigenvalue weighted by molar-refractivity contribution is 5.78. The molecule has 1 N–H and O–H groups in total. The highest BCUT2D eigenvalue weighted by Gasteiger charge is 2.18. The third kappa shape index (κ3) is 4.67. The van der Waals surface area contributed by atoms with Crippen LogP contribution < -0.4 is 5.32 Å². The molecule has 6 heteroatoms. The summed E-state index contributed by atoms with van der Waals surface area (Å²) >= 11 is 0. The van der Waals surface area contributed by atoms with Gasteiger partial charge in [0, 0.05) is 25.5 Å². The number of amides is 1. The molecule has 134 valence electrons. The Morgan fingerprint density at radius 2 is 2.04 bits per heavy atom. The van der Waals surface area contributed by atoms with E-state index in [1.54, 1.807) is 6.20 Å². The molecule has 2 heterocycles. The maximum absolute atomic E-state index is 12.5. The maximum Gasteiger partial charge on any atom is 0.234 e. The Balaban J connectivity index is 1.62. The molecule has 0 spiro atoms. The zero-order chi connectivity index (χ0) is 17.6. The number of carbonyl (C=O) groups excluding carboxylic acids is 1. The second kappa shape index (κ2) is 8.27. The summed E-state index contributed by atoms with van der Waals surface area (Å²) < 4.78 is 1.84. The number of nitrogens with zero attached hydrogens (tertiary/aromatic N) is 4. The van der Waals surface area contributed by atoms with Gasteiger partial charge in [-0.2, -0.15) is 5.10 Å². The minimum absolute atomic E-state index is 0.0671. The summed E-state index contributed by atoms with van der Waals surface area (Å²) in [6, 6.07) is 9.88. The molecule has 0 unspecified atom stereocenters. The van der Waals surface area contributed by atoms with E-state index in [0.717, 1.165) is 43.9 Å². The number of hydrogen-bond donors (Lipinski definition) is 1. The van der Waals surface area contributed by atoms with Gasteiger partial charge in [0.15, 0.2) is 0 Å². The number of benzene rings is 1. The van der Waals surface area contributed by atoms with Crippen LogP contribution in [0.3, 0.4) is 0 Å². The van der Waals surface area contributed by atoms with E-state index in [2.05, 4.69) is 27.3 Å². The van der Waals surface area contributed by atoms with Crippen molar-refractivity contribution in [1.82, 2.24) is 24.9 Å². The van der Waals surface area contributed by atoms with Crippen LogP contribution in [0.2, 0.25) is 0 Å². The summed E-state index contributed by atoms with van der Waals surface area (Å²) in [5, 5.41) is 7.45. The van der Waals surface area contributed by atoms with Gasteiger partial charge in [-0.1, -0.05) is 18.2 Å². The molecule has 1 aromatic carbocycles. The topological polar surface area (TPSA) is 53.4 Å². The Bertz CT molecular complexity index is 685. The second-order valence-electron chi connectivity index (χ2n) is 6.73. The van der Waals surface area contributed by atoms with Crippen LogP contribution in [0, 0.1) is 0 Å². The number of nitrogens with one attached hydrogen (secondary N) is 1. The van der Waals surface area contributed by atoms with E-state index in [-0.39, 0.29) is 11.9 Å². The Morgan fingerprint density at radius 3 is 2.84 bits per heavy atom. The van der Waals surface area contributed by atoms with Crippen molar-refractivity contribution in [3.8, 4) is 5.69 Å². The van der Waals surface area contributed by atoms with Crippen molar-refractivity contribution in [3.63, 3.8) is 0 Å². The lowest BCUT2D eigenvalue weighted by atomic mass is 10.1. The van der Waals surface area contributed by atoms with Crippen molar-refractivity contribution in [1.29, 1.82) is 0 Å². The van der Waals surface area contributed by atoms with Crippen molar-refractivity contribution < 1.29 is 4.79 Å². The first-order chi connectivity index (χ1) is 12.1. The van der Waals surface area contributed by atoms with E-state index >= 15 is 0 Å². The molecule has 1 amide bonds. The SMILES string of the molecule is C[C@H](NC(=O)CN1CCCN(C)CC1)c1ccccc1-n1cccn1. The Hall–Kier alpha value is -2.18. The highest BCUT2D eigenvalue weighted by Crippen LogP contribution is 2.20. The van der Waals surface area contributed by atoms with Gasteiger partial charge >= 0.3 is 0 Å². The van der Waals surface area contributed by atoms with E-state index in [0.29, 0.717) is 6.54 Å². The van der Waals surface area contributed by atoms with Gasteiger partial charge in [-0.15, -0.1) is 0 Å². The third-order valence-corrected chi connectivity index (χ3v) is 4.71. The van der Waals surface area contributed by atoms with E-state index in [1.165, 1.54) is 0 Å². The maximum atomic E-state index is 12.5. The lowest BCUT2D eigenvalue weighted by Gasteiger charge is -2.22. The quantitative estimate of drug-likeness (QED) is 0.899. The molecular weight excluding hydrogens is 314 g/mol. The average molecular weight is 341 g/mol. The molecule has 1 saturated heterocycles. The standard InChI is InChI=1S/C19H27N5O/c1-16(17-7-3-4-8-18(17)24-12-5-9-20-24)21-19(25)15-23-11-6-10-22(2)13-14-23/h3-5,7-9,12,16H,6,10-11,13-15H2,1-2H3,(H,21,25)/t16-/m0/s1. The van der Waals surface area contributed by atoms with Crippen molar-refractivity contribution in [2.45, 2.75) is 19.4 Å². The van der Waals surface area contributed by atoms with Gasteiger partial charge in [0.25, 0.3) is 0 Å². The van der Waals surface area contributed by atoms with Gasteiger partial charge in [0.05, 0.1) is 18.3 Å². The Labute approximate surface area is 149 Å². The minimum atomic E-state index is -0.0671. The number of likely N-dealkylation sites (N-methyl/N-ethyl adjacent to an activating group) is 1. The van der Waals surface area contributed by atoms with Gasteiger partial charge in [0.2, 0.25) is 5.91 Å². The fourth-order valence-electron chi connectivity index (χ4n) is 3.30. The summed E-state index contributed by atoms with van der Waals surface area (Å²) in [6.45, 7) is 6.54. The zero-order valence-electron chi connectivity index (χ0n) is 15.1. The predicted octanol–water partition coefficient (Wildman–Crippen LogP) is 1.69. The van der Waals surface area contributed by atoms with E-state index in [1.807, 2.05) is 48.1 Å². The smallest absolute Gasteiger partial charge is 0.234 e. The van der Waals surface area contributed by atoms with Crippen molar-refractivity contribution in [2.75, 3.05) is 39.8 Å². The van der Waals surface area contributed by atoms with Crippen LogP contribution in [0.15, 0.2) is 42.7 Å². The number of carbonyl (C=O) groups is 1. The minimum Gasteiger partial charge on any atom is -0.348 e. The summed E-state index contributed by atoms with van der Waals surface area (Å²) in [7, 11) is 2.14. The summed E-state index contributed by atoms with van der Waals surface area (Å²) in [4.78, 5) is 17.1. The molecule has 1 aromatic heterocycles. The van der Waals surface area contributed by atoms with Crippen LogP contribution in [-0.2, 0) is 4.79 Å². The molecule has 0 bridgehead atoms. The van der Waals surface area contributed by atoms with Crippen LogP contribution in [0.1, 0.15) is 24.9 Å². The molecular formula is C19H27N5O. The van der Waals surface area contributed by atoms with Crippen molar-refractivity contribution in [2.24, 2.45) is 0 Å². The molecule has 6 nitrogen and oxygen atoms in total. The number of hydrogen-bond acceptors (Lipinski definition) is 4. The Morgan fingerprint density at radius 1 is 1.20 bits per heavy atom. The molecule has 0 aliphatic carbocycles. The first-order valence-corrected chi connectivity index (χ1v) is 8.92. The fraction of sp³-hybridized carbons (Fsp3) is 0.474. The van der Waals surface area contributed by atoms with E-state index < -0.39 is 0 Å². The van der Waals surface area contributed by atoms with Gasteiger partial charge in [-0.3, -0.25) is 9.69 Å². The van der Waals surface area contributed by atoms with Crippen molar-refractivity contribution in [3.05, 3.63) is 48.3 Å². The van der Waals surface area contributed by atoms with Gasteiger partial charge in [-0.25, -0.2) is 4.68 Å². The normalized spacial score (nSPS) is 17.8. The number of para-hydroxylation sites is 1. The summed E-state index contributed by atoms with van der Waals surface area (Å²) in [5.41, 5.74) is 2.06. The van der Waals surface area contributed by atoms with Crippen LogP contribution >= 0.6 is 0 Å². The van der Waals surface area contributed by atoms with Gasteiger partial charge in [0.1, 0.15) is 0 Å². The van der Waals surface area contributed by atoms with Crippen LogP contribution in [0.4, 0.5) is 0 Å². The van der Waals surface area contributed by atoms with Crippen LogP contribution in [0.25, 0.3) is 5.69 Å². The molecule has 0 saturated carbocycles. The van der Waals surface area contributed by atoms with Crippen molar-refractivity contribution >= 4 is 5.91 Å². The van der Waals surface area contributed by atoms with E-state index in [9.17, 15) is 4.79 Å². The first-order valence-electron chi connectivity index (χ1n) is 8.92. The lowest BCUT2D eigenvalue weighted by Crippen LogP contribution is -2.40. The van der Waals surface area contributed by atoms with Crippen LogP contribution in [0.5, 0.6) is 0 Å². The number of aromatic nitrogens is 2. The van der Waals surface area contributed by atoms with Gasteiger partial charge < -0.3 is 10.2 Å². The molecule has 3 rings (SSSR count). The second-order valence-corrected chi connectivity index (χ2v) is 6.73. The van der Waals surface area contributed by atoms with Crippen LogP contribution in [-0.4, -0.2) is 65.3 Å². The lowest BCUT2D eigenvalue weighted by molar-refractivity contribution is -0.122. The molecule has 25 heavy (non-hydrogen) atoms. The first kappa shape index (κ1) is 17.6. The van der Waals surface area contributed by atoms with E-state index in [4.69, 9.17) is 0 Å². The highest BCUT2D eigenvalue weighted by atomic mass is 16.2. The number of rotatable bonds is 5. The largest absolute Gasteiger partial charge is 0.348 e. The predicted molar refractivity (Wildman–Crippen MR) is 98.7 cm³/mol. The monoisotopic (exact) mass is 341 g/mol. The summed E-state index contributed by atoms with van der Waals surface area (Å²) in [5.74, 6) is 0.0762. The molecule has 1 atom stereocenters. The Kier molecular flexibility index (Phi) is 5.83. The molecule has 0 radical (unpaired) electrons. The summed E-state index contributed by atoms with van der Waals surface area (Å²) in [6.07, 6.45) is 4.79. The third-order valence-electron chi connectivity index (χ3n) is 4.71. The van der Waals surface area contributed by atoms with Gasteiger partial charge in [-0.05, 0) is 51.2 Å². The molecule has 1 aliphatic heterocycles.